The number of benzene rings is 1. The van der Waals surface area contributed by atoms with Crippen molar-refractivity contribution in [2.24, 2.45) is 0 Å². The Hall–Kier alpha value is -1.55. The fourth-order valence-corrected chi connectivity index (χ4v) is 3.08. The molecular formula is C16H23N3O. The van der Waals surface area contributed by atoms with Crippen LogP contribution in [0.3, 0.4) is 0 Å². The van der Waals surface area contributed by atoms with Gasteiger partial charge in [0.2, 0.25) is 0 Å². The van der Waals surface area contributed by atoms with E-state index in [1.54, 1.807) is 0 Å². The van der Waals surface area contributed by atoms with Gasteiger partial charge in [0, 0.05) is 31.9 Å². The normalized spacial score (nSPS) is 20.2. The summed E-state index contributed by atoms with van der Waals surface area (Å²) in [4.78, 5) is 17.1. The molecule has 1 aromatic carbocycles. The minimum atomic E-state index is 0.169. The molecule has 0 aromatic heterocycles. The molecule has 1 amide bonds. The highest BCUT2D eigenvalue weighted by Gasteiger charge is 2.22. The first kappa shape index (κ1) is 13.4. The maximum absolute atomic E-state index is 12.6. The second-order valence-electron chi connectivity index (χ2n) is 5.67. The predicted molar refractivity (Wildman–Crippen MR) is 81.1 cm³/mol. The fourth-order valence-electron chi connectivity index (χ4n) is 3.08. The molecule has 1 N–H and O–H groups in total. The third-order valence-corrected chi connectivity index (χ3v) is 4.28. The van der Waals surface area contributed by atoms with Crippen molar-refractivity contribution in [2.45, 2.75) is 19.3 Å². The molecule has 1 saturated heterocycles. The Bertz CT molecular complexity index is 469. The van der Waals surface area contributed by atoms with Gasteiger partial charge in [0.25, 0.3) is 5.91 Å². The van der Waals surface area contributed by atoms with Crippen molar-refractivity contribution in [2.75, 3.05) is 44.6 Å². The minimum Gasteiger partial charge on any atom is -0.383 e. The van der Waals surface area contributed by atoms with E-state index >= 15 is 0 Å². The van der Waals surface area contributed by atoms with Crippen molar-refractivity contribution < 1.29 is 4.79 Å². The van der Waals surface area contributed by atoms with Gasteiger partial charge in [-0.25, -0.2) is 0 Å². The Kier molecular flexibility index (Phi) is 4.21. The molecule has 0 aliphatic carbocycles. The van der Waals surface area contributed by atoms with Crippen molar-refractivity contribution in [3.8, 4) is 0 Å². The molecule has 1 fully saturated rings. The Morgan fingerprint density at radius 3 is 2.65 bits per heavy atom. The summed E-state index contributed by atoms with van der Waals surface area (Å²) in [5.74, 6) is 0.169. The quantitative estimate of drug-likeness (QED) is 0.915. The molecule has 2 heterocycles. The number of hydrogen-bond donors (Lipinski definition) is 1. The smallest absolute Gasteiger partial charge is 0.256 e. The summed E-state index contributed by atoms with van der Waals surface area (Å²) in [6.07, 6.45) is 3.97. The van der Waals surface area contributed by atoms with E-state index in [-0.39, 0.29) is 5.91 Å². The van der Waals surface area contributed by atoms with E-state index in [2.05, 4.69) is 10.2 Å². The van der Waals surface area contributed by atoms with Gasteiger partial charge in [-0.05, 0) is 38.1 Å². The molecule has 0 bridgehead atoms. The molecule has 1 aromatic rings. The van der Waals surface area contributed by atoms with E-state index < -0.39 is 0 Å². The highest BCUT2D eigenvalue weighted by molar-refractivity contribution is 6.00. The van der Waals surface area contributed by atoms with Crippen molar-refractivity contribution in [3.05, 3.63) is 29.8 Å². The zero-order chi connectivity index (χ0) is 13.8. The molecule has 0 unspecified atom stereocenters. The highest BCUT2D eigenvalue weighted by atomic mass is 16.2. The number of anilines is 1. The SMILES string of the molecule is O=C1c2ccccc2NCCN1CCN1CCCCC1. The predicted octanol–water partition coefficient (Wildman–Crippen LogP) is 2.04. The summed E-state index contributed by atoms with van der Waals surface area (Å²) in [5.41, 5.74) is 1.78. The maximum Gasteiger partial charge on any atom is 0.256 e. The van der Waals surface area contributed by atoms with Crippen LogP contribution in [0.4, 0.5) is 5.69 Å². The third-order valence-electron chi connectivity index (χ3n) is 4.28. The molecule has 2 aliphatic heterocycles. The van der Waals surface area contributed by atoms with E-state index in [1.165, 1.54) is 32.4 Å². The van der Waals surface area contributed by atoms with E-state index in [1.807, 2.05) is 29.2 Å². The zero-order valence-corrected chi connectivity index (χ0v) is 12.0. The largest absolute Gasteiger partial charge is 0.383 e. The molecule has 20 heavy (non-hydrogen) atoms. The summed E-state index contributed by atoms with van der Waals surface area (Å²) in [7, 11) is 0. The number of rotatable bonds is 3. The standard InChI is InChI=1S/C16H23N3O/c20-16-14-6-2-3-7-15(14)17-8-11-19(16)13-12-18-9-4-1-5-10-18/h2-3,6-7,17H,1,4-5,8-13H2. The third kappa shape index (κ3) is 2.96. The van der Waals surface area contributed by atoms with Crippen molar-refractivity contribution in [1.29, 1.82) is 0 Å². The van der Waals surface area contributed by atoms with Crippen LogP contribution in [0.5, 0.6) is 0 Å². The first-order chi connectivity index (χ1) is 9.84. The average Bonchev–Trinajstić information content (AvgIpc) is 2.66. The second kappa shape index (κ2) is 6.27. The summed E-state index contributed by atoms with van der Waals surface area (Å²) >= 11 is 0. The van der Waals surface area contributed by atoms with Crippen LogP contribution < -0.4 is 5.32 Å². The lowest BCUT2D eigenvalue weighted by molar-refractivity contribution is 0.0742. The van der Waals surface area contributed by atoms with Gasteiger partial charge in [0.15, 0.2) is 0 Å². The van der Waals surface area contributed by atoms with E-state index in [0.717, 1.165) is 37.4 Å². The summed E-state index contributed by atoms with van der Waals surface area (Å²) in [5, 5.41) is 3.35. The zero-order valence-electron chi connectivity index (χ0n) is 12.0. The number of likely N-dealkylation sites (tertiary alicyclic amines) is 1. The minimum absolute atomic E-state index is 0.169. The van der Waals surface area contributed by atoms with Crippen LogP contribution in [-0.4, -0.2) is 55.0 Å². The van der Waals surface area contributed by atoms with E-state index in [0.29, 0.717) is 0 Å². The van der Waals surface area contributed by atoms with Crippen LogP contribution in [-0.2, 0) is 0 Å². The molecular weight excluding hydrogens is 250 g/mol. The van der Waals surface area contributed by atoms with E-state index in [4.69, 9.17) is 0 Å². The highest BCUT2D eigenvalue weighted by Crippen LogP contribution is 2.19. The van der Waals surface area contributed by atoms with Gasteiger partial charge >= 0.3 is 0 Å². The number of piperidine rings is 1. The van der Waals surface area contributed by atoms with Gasteiger partial charge in [0.1, 0.15) is 0 Å². The molecule has 0 radical (unpaired) electrons. The lowest BCUT2D eigenvalue weighted by Crippen LogP contribution is -2.41. The number of para-hydroxylation sites is 1. The Morgan fingerprint density at radius 2 is 1.80 bits per heavy atom. The molecule has 0 saturated carbocycles. The van der Waals surface area contributed by atoms with Crippen LogP contribution in [0.1, 0.15) is 29.6 Å². The number of carbonyl (C=O) groups excluding carboxylic acids is 1. The van der Waals surface area contributed by atoms with Gasteiger partial charge in [-0.3, -0.25) is 4.79 Å². The number of nitrogens with zero attached hydrogens (tertiary/aromatic N) is 2. The first-order valence-electron chi connectivity index (χ1n) is 7.69. The van der Waals surface area contributed by atoms with Crippen molar-refractivity contribution in [1.82, 2.24) is 9.80 Å². The van der Waals surface area contributed by atoms with Crippen molar-refractivity contribution in [3.63, 3.8) is 0 Å². The first-order valence-corrected chi connectivity index (χ1v) is 7.69. The second-order valence-corrected chi connectivity index (χ2v) is 5.67. The molecule has 0 atom stereocenters. The van der Waals surface area contributed by atoms with Gasteiger partial charge in [-0.1, -0.05) is 18.6 Å². The summed E-state index contributed by atoms with van der Waals surface area (Å²) in [6.45, 7) is 5.86. The number of fused-ring (bicyclic) bond motifs is 1. The Balaban J connectivity index is 1.63. The van der Waals surface area contributed by atoms with Gasteiger partial charge in [-0.2, -0.15) is 0 Å². The molecule has 108 valence electrons. The molecule has 2 aliphatic rings. The number of carbonyl (C=O) groups is 1. The van der Waals surface area contributed by atoms with Gasteiger partial charge in [-0.15, -0.1) is 0 Å². The van der Waals surface area contributed by atoms with Crippen LogP contribution >= 0.6 is 0 Å². The fraction of sp³-hybridized carbons (Fsp3) is 0.562. The van der Waals surface area contributed by atoms with Crippen LogP contribution in [0.15, 0.2) is 24.3 Å². The van der Waals surface area contributed by atoms with Gasteiger partial charge in [0.05, 0.1) is 5.56 Å². The lowest BCUT2D eigenvalue weighted by atomic mass is 10.1. The van der Waals surface area contributed by atoms with E-state index in [9.17, 15) is 4.79 Å². The molecule has 4 nitrogen and oxygen atoms in total. The maximum atomic E-state index is 12.6. The number of amides is 1. The molecule has 0 spiro atoms. The van der Waals surface area contributed by atoms with Crippen LogP contribution in [0, 0.1) is 0 Å². The summed E-state index contributed by atoms with van der Waals surface area (Å²) in [6, 6.07) is 7.82. The molecule has 3 rings (SSSR count). The van der Waals surface area contributed by atoms with Gasteiger partial charge < -0.3 is 15.1 Å². The average molecular weight is 273 g/mol. The Labute approximate surface area is 120 Å². The summed E-state index contributed by atoms with van der Waals surface area (Å²) < 4.78 is 0. The Morgan fingerprint density at radius 1 is 1.00 bits per heavy atom. The monoisotopic (exact) mass is 273 g/mol. The van der Waals surface area contributed by atoms with Crippen molar-refractivity contribution >= 4 is 11.6 Å². The van der Waals surface area contributed by atoms with Crippen LogP contribution in [0.2, 0.25) is 0 Å². The topological polar surface area (TPSA) is 35.6 Å². The molecule has 4 heteroatoms. The lowest BCUT2D eigenvalue weighted by Gasteiger charge is -2.29. The van der Waals surface area contributed by atoms with Crippen LogP contribution in [0.25, 0.3) is 0 Å². The number of nitrogens with one attached hydrogen (secondary N) is 1. The number of hydrogen-bond acceptors (Lipinski definition) is 3.